The van der Waals surface area contributed by atoms with Gasteiger partial charge in [-0.3, -0.25) is 0 Å². The Morgan fingerprint density at radius 2 is 2.10 bits per heavy atom. The van der Waals surface area contributed by atoms with Crippen LogP contribution in [0.25, 0.3) is 0 Å². The summed E-state index contributed by atoms with van der Waals surface area (Å²) in [6, 6.07) is 3.29. The monoisotopic (exact) mass is 347 g/mol. The van der Waals surface area contributed by atoms with E-state index in [0.717, 1.165) is 6.07 Å². The molecular formula is C13H13BrF3N3. The Morgan fingerprint density at radius 1 is 1.40 bits per heavy atom. The number of hydrogen-bond donors (Lipinski definition) is 1. The molecule has 7 heteroatoms. The molecule has 0 amide bonds. The van der Waals surface area contributed by atoms with Crippen molar-refractivity contribution in [3.63, 3.8) is 0 Å². The Bertz CT molecular complexity index is 607. The lowest BCUT2D eigenvalue weighted by Gasteiger charge is -2.16. The van der Waals surface area contributed by atoms with Gasteiger partial charge in [0.15, 0.2) is 0 Å². The summed E-state index contributed by atoms with van der Waals surface area (Å²) < 4.78 is 40.5. The highest BCUT2D eigenvalue weighted by molar-refractivity contribution is 9.10. The molecule has 1 aromatic carbocycles. The minimum absolute atomic E-state index is 0.000201. The van der Waals surface area contributed by atoms with Crippen molar-refractivity contribution in [3.8, 4) is 0 Å². The summed E-state index contributed by atoms with van der Waals surface area (Å²) in [5, 5.41) is 0. The Kier molecular flexibility index (Phi) is 4.19. The van der Waals surface area contributed by atoms with E-state index in [9.17, 15) is 13.2 Å². The third-order valence-corrected chi connectivity index (χ3v) is 3.71. The number of rotatable bonds is 3. The number of aromatic nitrogens is 2. The number of nitrogens with two attached hydrogens (primary N) is 1. The van der Waals surface area contributed by atoms with Crippen LogP contribution in [0.5, 0.6) is 0 Å². The van der Waals surface area contributed by atoms with Crippen LogP contribution < -0.4 is 5.73 Å². The van der Waals surface area contributed by atoms with Gasteiger partial charge in [-0.25, -0.2) is 4.98 Å². The van der Waals surface area contributed by atoms with Gasteiger partial charge in [-0.2, -0.15) is 13.2 Å². The molecule has 0 bridgehead atoms. The molecule has 0 radical (unpaired) electrons. The first-order chi connectivity index (χ1) is 9.34. The van der Waals surface area contributed by atoms with E-state index in [4.69, 9.17) is 5.73 Å². The first-order valence-electron chi connectivity index (χ1n) is 5.97. The van der Waals surface area contributed by atoms with Crippen LogP contribution in [0.1, 0.15) is 29.9 Å². The molecule has 108 valence electrons. The fourth-order valence-corrected chi connectivity index (χ4v) is 2.44. The predicted octanol–water partition coefficient (Wildman–Crippen LogP) is 3.73. The molecule has 3 nitrogen and oxygen atoms in total. The van der Waals surface area contributed by atoms with E-state index < -0.39 is 17.8 Å². The van der Waals surface area contributed by atoms with Gasteiger partial charge in [-0.15, -0.1) is 0 Å². The quantitative estimate of drug-likeness (QED) is 0.919. The number of hydrogen-bond acceptors (Lipinski definition) is 2. The number of benzene rings is 1. The summed E-state index contributed by atoms with van der Waals surface area (Å²) in [4.78, 5) is 4.12. The SMILES string of the molecule is CCn1ccnc1C(N)c1ccc(Br)c(C(F)(F)F)c1. The second-order valence-corrected chi connectivity index (χ2v) is 5.14. The van der Waals surface area contributed by atoms with Crippen LogP contribution in [0.15, 0.2) is 35.1 Å². The fraction of sp³-hybridized carbons (Fsp3) is 0.308. The fourth-order valence-electron chi connectivity index (χ4n) is 1.97. The van der Waals surface area contributed by atoms with Crippen LogP contribution in [0, 0.1) is 0 Å². The molecule has 0 aliphatic carbocycles. The van der Waals surface area contributed by atoms with Crippen molar-refractivity contribution in [1.82, 2.24) is 9.55 Å². The Balaban J connectivity index is 2.43. The minimum atomic E-state index is -4.42. The van der Waals surface area contributed by atoms with Gasteiger partial charge in [0, 0.05) is 23.4 Å². The zero-order chi connectivity index (χ0) is 14.9. The van der Waals surface area contributed by atoms with Gasteiger partial charge in [-0.1, -0.05) is 22.0 Å². The van der Waals surface area contributed by atoms with Crippen molar-refractivity contribution in [1.29, 1.82) is 0 Å². The summed E-state index contributed by atoms with van der Waals surface area (Å²) in [5.74, 6) is 0.544. The third-order valence-electron chi connectivity index (χ3n) is 3.02. The lowest BCUT2D eigenvalue weighted by Crippen LogP contribution is -2.18. The van der Waals surface area contributed by atoms with Gasteiger partial charge >= 0.3 is 6.18 Å². The summed E-state index contributed by atoms with van der Waals surface area (Å²) in [6.45, 7) is 2.58. The van der Waals surface area contributed by atoms with Crippen LogP contribution in [-0.4, -0.2) is 9.55 Å². The van der Waals surface area contributed by atoms with E-state index in [1.54, 1.807) is 23.0 Å². The predicted molar refractivity (Wildman–Crippen MR) is 73.1 cm³/mol. The summed E-state index contributed by atoms with van der Waals surface area (Å²) in [5.41, 5.74) is 5.67. The van der Waals surface area contributed by atoms with Gasteiger partial charge in [0.25, 0.3) is 0 Å². The summed E-state index contributed by atoms with van der Waals surface area (Å²) in [7, 11) is 0. The largest absolute Gasteiger partial charge is 0.417 e. The Labute approximate surface area is 122 Å². The maximum Gasteiger partial charge on any atom is 0.417 e. The lowest BCUT2D eigenvalue weighted by molar-refractivity contribution is -0.138. The summed E-state index contributed by atoms with van der Waals surface area (Å²) in [6.07, 6.45) is -1.09. The van der Waals surface area contributed by atoms with Crippen molar-refractivity contribution in [2.45, 2.75) is 25.7 Å². The number of halogens is 4. The number of alkyl halides is 3. The average molecular weight is 348 g/mol. The van der Waals surface area contributed by atoms with Gasteiger partial charge in [0.05, 0.1) is 11.6 Å². The molecule has 0 fully saturated rings. The van der Waals surface area contributed by atoms with Crippen LogP contribution in [0.3, 0.4) is 0 Å². The first-order valence-corrected chi connectivity index (χ1v) is 6.77. The van der Waals surface area contributed by atoms with Crippen molar-refractivity contribution in [2.75, 3.05) is 0 Å². The molecule has 0 spiro atoms. The highest BCUT2D eigenvalue weighted by Gasteiger charge is 2.33. The van der Waals surface area contributed by atoms with Crippen LogP contribution in [-0.2, 0) is 12.7 Å². The van der Waals surface area contributed by atoms with Gasteiger partial charge in [0.2, 0.25) is 0 Å². The topological polar surface area (TPSA) is 43.8 Å². The highest BCUT2D eigenvalue weighted by Crippen LogP contribution is 2.36. The average Bonchev–Trinajstić information content (AvgIpc) is 2.85. The van der Waals surface area contributed by atoms with E-state index in [-0.39, 0.29) is 4.47 Å². The van der Waals surface area contributed by atoms with Crippen molar-refractivity contribution < 1.29 is 13.2 Å². The zero-order valence-electron chi connectivity index (χ0n) is 10.7. The normalized spacial score (nSPS) is 13.5. The molecular weight excluding hydrogens is 335 g/mol. The van der Waals surface area contributed by atoms with Crippen LogP contribution in [0.4, 0.5) is 13.2 Å². The maximum atomic E-state index is 12.9. The van der Waals surface area contributed by atoms with E-state index >= 15 is 0 Å². The molecule has 0 saturated carbocycles. The van der Waals surface area contributed by atoms with Crippen molar-refractivity contribution in [3.05, 3.63) is 52.0 Å². The van der Waals surface area contributed by atoms with Crippen LogP contribution >= 0.6 is 15.9 Å². The number of nitrogens with zero attached hydrogens (tertiary/aromatic N) is 2. The second-order valence-electron chi connectivity index (χ2n) is 4.29. The van der Waals surface area contributed by atoms with Gasteiger partial charge < -0.3 is 10.3 Å². The zero-order valence-corrected chi connectivity index (χ0v) is 12.2. The molecule has 20 heavy (non-hydrogen) atoms. The molecule has 1 aromatic heterocycles. The smallest absolute Gasteiger partial charge is 0.334 e. The van der Waals surface area contributed by atoms with E-state index in [1.165, 1.54) is 6.07 Å². The second kappa shape index (κ2) is 5.57. The maximum absolute atomic E-state index is 12.9. The molecule has 2 N–H and O–H groups in total. The van der Waals surface area contributed by atoms with Crippen LogP contribution in [0.2, 0.25) is 0 Å². The third kappa shape index (κ3) is 2.88. The molecule has 1 atom stereocenters. The Hall–Kier alpha value is -1.34. The molecule has 1 unspecified atom stereocenters. The van der Waals surface area contributed by atoms with Crippen molar-refractivity contribution >= 4 is 15.9 Å². The van der Waals surface area contributed by atoms with Gasteiger partial charge in [-0.05, 0) is 24.6 Å². The van der Waals surface area contributed by atoms with E-state index in [1.807, 2.05) is 6.92 Å². The van der Waals surface area contributed by atoms with Gasteiger partial charge in [0.1, 0.15) is 5.82 Å². The molecule has 2 rings (SSSR count). The molecule has 0 aliphatic rings. The molecule has 0 aliphatic heterocycles. The molecule has 2 aromatic rings. The highest BCUT2D eigenvalue weighted by atomic mass is 79.9. The molecule has 1 heterocycles. The van der Waals surface area contributed by atoms with E-state index in [0.29, 0.717) is 17.9 Å². The Morgan fingerprint density at radius 3 is 2.70 bits per heavy atom. The number of imidazole rings is 1. The van der Waals surface area contributed by atoms with Crippen molar-refractivity contribution in [2.24, 2.45) is 5.73 Å². The standard InChI is InChI=1S/C13H13BrF3N3/c1-2-20-6-5-19-12(20)11(18)8-3-4-10(14)9(7-8)13(15,16)17/h3-7,11H,2,18H2,1H3. The first kappa shape index (κ1) is 15.1. The lowest BCUT2D eigenvalue weighted by atomic mass is 10.0. The molecule has 0 saturated heterocycles. The van der Waals surface area contributed by atoms with E-state index in [2.05, 4.69) is 20.9 Å². The minimum Gasteiger partial charge on any atom is -0.334 e. The summed E-state index contributed by atoms with van der Waals surface area (Å²) >= 11 is 2.91. The number of aryl methyl sites for hydroxylation is 1.